The number of rotatable bonds is 3. The van der Waals surface area contributed by atoms with Crippen LogP contribution in [0.1, 0.15) is 19.8 Å². The molecule has 0 aromatic heterocycles. The predicted molar refractivity (Wildman–Crippen MR) is 76.4 cm³/mol. The molecule has 6 heteroatoms. The summed E-state index contributed by atoms with van der Waals surface area (Å²) in [5, 5.41) is 0.145. The number of ether oxygens (including phenoxy) is 1. The fraction of sp³-hybridized carbons (Fsp3) is 0.429. The number of halogens is 2. The minimum Gasteiger partial charge on any atom is -0.492 e. The van der Waals surface area contributed by atoms with Gasteiger partial charge in [0, 0.05) is 11.8 Å². The second-order valence-electron chi connectivity index (χ2n) is 5.09. The lowest BCUT2D eigenvalue weighted by Gasteiger charge is -2.16. The first kappa shape index (κ1) is 13.7. The van der Waals surface area contributed by atoms with E-state index >= 15 is 0 Å². The van der Waals surface area contributed by atoms with Gasteiger partial charge in [-0.3, -0.25) is 9.59 Å². The third-order valence-corrected chi connectivity index (χ3v) is 4.67. The Morgan fingerprint density at radius 1 is 1.45 bits per heavy atom. The van der Waals surface area contributed by atoms with Crippen LogP contribution in [0.4, 0.5) is 5.69 Å². The lowest BCUT2D eigenvalue weighted by Crippen LogP contribution is -2.31. The Balaban J connectivity index is 1.92. The van der Waals surface area contributed by atoms with Crippen LogP contribution >= 0.6 is 23.2 Å². The highest BCUT2D eigenvalue weighted by molar-refractivity contribution is 6.34. The molecule has 2 atom stereocenters. The van der Waals surface area contributed by atoms with E-state index in [4.69, 9.17) is 27.9 Å². The van der Waals surface area contributed by atoms with Crippen LogP contribution in [-0.2, 0) is 9.59 Å². The maximum Gasteiger partial charge on any atom is 0.242 e. The van der Waals surface area contributed by atoms with Gasteiger partial charge in [-0.25, -0.2) is 4.90 Å². The number of hydrogen-bond donors (Lipinski definition) is 0. The van der Waals surface area contributed by atoms with Gasteiger partial charge in [-0.05, 0) is 31.5 Å². The number of anilines is 1. The summed E-state index contributed by atoms with van der Waals surface area (Å²) >= 11 is 12.1. The highest BCUT2D eigenvalue weighted by Gasteiger charge is 2.66. The van der Waals surface area contributed by atoms with E-state index in [2.05, 4.69) is 0 Å². The summed E-state index contributed by atoms with van der Waals surface area (Å²) in [4.78, 5) is 25.6. The van der Waals surface area contributed by atoms with Crippen LogP contribution in [0.3, 0.4) is 0 Å². The van der Waals surface area contributed by atoms with Gasteiger partial charge >= 0.3 is 0 Å². The quantitative estimate of drug-likeness (QED) is 0.636. The molecule has 0 bridgehead atoms. The van der Waals surface area contributed by atoms with Crippen molar-refractivity contribution >= 4 is 40.7 Å². The van der Waals surface area contributed by atoms with E-state index in [-0.39, 0.29) is 23.6 Å². The molecule has 20 heavy (non-hydrogen) atoms. The number of carbonyl (C=O) groups excluding carboxylic acids is 2. The van der Waals surface area contributed by atoms with Crippen molar-refractivity contribution in [3.8, 4) is 5.75 Å². The monoisotopic (exact) mass is 313 g/mol. The van der Waals surface area contributed by atoms with Crippen LogP contribution in [0.2, 0.25) is 5.02 Å². The van der Waals surface area contributed by atoms with Gasteiger partial charge in [-0.1, -0.05) is 11.6 Å². The Bertz CT molecular complexity index is 604. The first-order valence-electron chi connectivity index (χ1n) is 6.43. The first-order valence-corrected chi connectivity index (χ1v) is 7.25. The van der Waals surface area contributed by atoms with Crippen molar-refractivity contribution in [3.05, 3.63) is 23.2 Å². The van der Waals surface area contributed by atoms with Crippen molar-refractivity contribution in [1.82, 2.24) is 0 Å². The Labute approximate surface area is 126 Å². The van der Waals surface area contributed by atoms with Crippen LogP contribution in [0.25, 0.3) is 0 Å². The molecule has 3 rings (SSSR count). The van der Waals surface area contributed by atoms with Crippen LogP contribution in [0.15, 0.2) is 18.2 Å². The highest BCUT2D eigenvalue weighted by atomic mass is 35.5. The van der Waals surface area contributed by atoms with E-state index in [0.29, 0.717) is 29.5 Å². The minimum atomic E-state index is -0.677. The number of amides is 2. The zero-order valence-corrected chi connectivity index (χ0v) is 12.4. The first-order chi connectivity index (χ1) is 9.49. The Hall–Kier alpha value is -1.26. The van der Waals surface area contributed by atoms with Crippen molar-refractivity contribution in [3.63, 3.8) is 0 Å². The normalized spacial score (nSPS) is 28.4. The summed E-state index contributed by atoms with van der Waals surface area (Å²) in [6.45, 7) is 2.35. The second kappa shape index (κ2) is 4.64. The van der Waals surface area contributed by atoms with Crippen LogP contribution in [0.5, 0.6) is 5.75 Å². The molecular formula is C14H13Cl2NO3. The summed E-state index contributed by atoms with van der Waals surface area (Å²) in [5.74, 6) is 0.0921. The number of carbonyl (C=O) groups is 2. The Kier molecular flexibility index (Phi) is 3.18. The van der Waals surface area contributed by atoms with Gasteiger partial charge in [-0.15, -0.1) is 11.6 Å². The van der Waals surface area contributed by atoms with Crippen molar-refractivity contribution in [2.45, 2.75) is 25.1 Å². The molecule has 1 spiro atoms. The summed E-state index contributed by atoms with van der Waals surface area (Å²) in [7, 11) is 0. The largest absolute Gasteiger partial charge is 0.492 e. The molecule has 2 amide bonds. The average molecular weight is 314 g/mol. The van der Waals surface area contributed by atoms with Gasteiger partial charge in [0.05, 0.1) is 22.7 Å². The van der Waals surface area contributed by atoms with Gasteiger partial charge in [0.25, 0.3) is 0 Å². The molecule has 1 saturated heterocycles. The van der Waals surface area contributed by atoms with E-state index < -0.39 is 5.41 Å². The summed E-state index contributed by atoms with van der Waals surface area (Å²) < 4.78 is 5.34. The maximum absolute atomic E-state index is 12.4. The van der Waals surface area contributed by atoms with E-state index in [0.717, 1.165) is 0 Å². The molecule has 2 fully saturated rings. The third-order valence-electron chi connectivity index (χ3n) is 3.80. The molecule has 1 saturated carbocycles. The third kappa shape index (κ3) is 1.90. The molecule has 1 aromatic carbocycles. The van der Waals surface area contributed by atoms with Crippen molar-refractivity contribution in [2.75, 3.05) is 11.5 Å². The maximum atomic E-state index is 12.4. The molecule has 1 aliphatic heterocycles. The molecule has 2 unspecified atom stereocenters. The fourth-order valence-corrected chi connectivity index (χ4v) is 3.26. The van der Waals surface area contributed by atoms with E-state index in [1.807, 2.05) is 6.92 Å². The molecule has 106 valence electrons. The summed E-state index contributed by atoms with van der Waals surface area (Å²) in [6.07, 6.45) is 0.755. The van der Waals surface area contributed by atoms with E-state index in [9.17, 15) is 9.59 Å². The van der Waals surface area contributed by atoms with Gasteiger partial charge in [0.2, 0.25) is 11.8 Å². The Morgan fingerprint density at radius 2 is 2.15 bits per heavy atom. The minimum absolute atomic E-state index is 0.185. The smallest absolute Gasteiger partial charge is 0.242 e. The van der Waals surface area contributed by atoms with Crippen molar-refractivity contribution in [1.29, 1.82) is 0 Å². The van der Waals surface area contributed by atoms with Gasteiger partial charge < -0.3 is 4.74 Å². The molecule has 2 aliphatic rings. The van der Waals surface area contributed by atoms with Gasteiger partial charge in [0.15, 0.2) is 0 Å². The van der Waals surface area contributed by atoms with E-state index in [1.165, 1.54) is 4.90 Å². The zero-order valence-electron chi connectivity index (χ0n) is 10.9. The van der Waals surface area contributed by atoms with Crippen molar-refractivity contribution < 1.29 is 14.3 Å². The lowest BCUT2D eigenvalue weighted by atomic mass is 10.1. The lowest BCUT2D eigenvalue weighted by molar-refractivity contribution is -0.122. The number of benzene rings is 1. The van der Waals surface area contributed by atoms with Gasteiger partial charge in [0.1, 0.15) is 5.75 Å². The summed E-state index contributed by atoms with van der Waals surface area (Å²) in [6, 6.07) is 4.90. The van der Waals surface area contributed by atoms with Crippen molar-refractivity contribution in [2.24, 2.45) is 5.41 Å². The zero-order chi connectivity index (χ0) is 14.5. The number of imide groups is 1. The molecule has 4 nitrogen and oxygen atoms in total. The van der Waals surface area contributed by atoms with Crippen LogP contribution in [0, 0.1) is 5.41 Å². The predicted octanol–water partition coefficient (Wildman–Crippen LogP) is 3.00. The SMILES string of the molecule is CCOc1ccc(N2C(=O)CC3(CC3Cl)C2=O)cc1Cl. The molecule has 0 N–H and O–H groups in total. The standard InChI is InChI=1S/C14H13Cl2NO3/c1-2-20-10-4-3-8(5-9(10)15)17-12(18)7-14(13(17)19)6-11(14)16/h3-5,11H,2,6-7H2,1H3. The van der Waals surface area contributed by atoms with Crippen LogP contribution in [-0.4, -0.2) is 23.8 Å². The molecule has 1 heterocycles. The van der Waals surface area contributed by atoms with Gasteiger partial charge in [-0.2, -0.15) is 0 Å². The number of alkyl halides is 1. The number of nitrogens with zero attached hydrogens (tertiary/aromatic N) is 1. The number of hydrogen-bond acceptors (Lipinski definition) is 3. The summed E-state index contributed by atoms with van der Waals surface area (Å²) in [5.41, 5.74) is -0.204. The second-order valence-corrected chi connectivity index (χ2v) is 6.02. The molecule has 1 aromatic rings. The van der Waals surface area contributed by atoms with Crippen LogP contribution < -0.4 is 9.64 Å². The van der Waals surface area contributed by atoms with E-state index in [1.54, 1.807) is 18.2 Å². The fourth-order valence-electron chi connectivity index (χ4n) is 2.59. The molecule has 0 radical (unpaired) electrons. The topological polar surface area (TPSA) is 46.6 Å². The molecular weight excluding hydrogens is 301 g/mol. The molecule has 1 aliphatic carbocycles. The average Bonchev–Trinajstić information content (AvgIpc) is 2.96. The highest BCUT2D eigenvalue weighted by Crippen LogP contribution is 2.58. The Morgan fingerprint density at radius 3 is 2.65 bits per heavy atom.